The Bertz CT molecular complexity index is 595. The molecule has 1 fully saturated rings. The van der Waals surface area contributed by atoms with Gasteiger partial charge in [-0.1, -0.05) is 20.3 Å². The maximum atomic E-state index is 4.81. The Morgan fingerprint density at radius 2 is 2.29 bits per heavy atom. The zero-order valence-electron chi connectivity index (χ0n) is 12.9. The number of piperidine rings is 1. The average molecular weight is 304 g/mol. The number of hydrogen-bond acceptors (Lipinski definition) is 5. The topological polar surface area (TPSA) is 41.1 Å². The molecule has 1 aliphatic rings. The van der Waals surface area contributed by atoms with Crippen LogP contribution in [0.25, 0.3) is 10.2 Å². The minimum absolute atomic E-state index is 0.778. The molecular formula is C16H24N4S. The summed E-state index contributed by atoms with van der Waals surface area (Å²) in [6.07, 6.45) is 4.97. The van der Waals surface area contributed by atoms with Crippen molar-refractivity contribution in [1.29, 1.82) is 0 Å². The molecular weight excluding hydrogens is 280 g/mol. The van der Waals surface area contributed by atoms with E-state index in [4.69, 9.17) is 4.98 Å². The SMILES string of the molecule is CCCNc1nc(N2CCCC(CC)C2)c2ccsc2n1. The van der Waals surface area contributed by atoms with Crippen molar-refractivity contribution in [3.8, 4) is 0 Å². The van der Waals surface area contributed by atoms with Crippen LogP contribution in [0.15, 0.2) is 11.4 Å². The van der Waals surface area contributed by atoms with Gasteiger partial charge in [0.1, 0.15) is 10.6 Å². The van der Waals surface area contributed by atoms with Gasteiger partial charge in [0.15, 0.2) is 0 Å². The van der Waals surface area contributed by atoms with Crippen LogP contribution < -0.4 is 10.2 Å². The molecule has 3 heterocycles. The Hall–Kier alpha value is -1.36. The number of nitrogens with zero attached hydrogens (tertiary/aromatic N) is 3. The van der Waals surface area contributed by atoms with E-state index < -0.39 is 0 Å². The standard InChI is InChI=1S/C16H24N4S/c1-3-8-17-16-18-14(13-7-10-21-15(13)19-16)20-9-5-6-12(4-2)11-20/h7,10,12H,3-6,8-9,11H2,1-2H3,(H,17,18,19). The Morgan fingerprint density at radius 1 is 1.38 bits per heavy atom. The van der Waals surface area contributed by atoms with Crippen molar-refractivity contribution < 1.29 is 0 Å². The fraction of sp³-hybridized carbons (Fsp3) is 0.625. The lowest BCUT2D eigenvalue weighted by Crippen LogP contribution is -2.36. The van der Waals surface area contributed by atoms with E-state index in [9.17, 15) is 0 Å². The smallest absolute Gasteiger partial charge is 0.226 e. The third kappa shape index (κ3) is 3.12. The molecule has 0 aliphatic carbocycles. The van der Waals surface area contributed by atoms with Crippen LogP contribution in [0, 0.1) is 5.92 Å². The van der Waals surface area contributed by atoms with Crippen molar-refractivity contribution in [2.75, 3.05) is 29.9 Å². The van der Waals surface area contributed by atoms with E-state index in [1.54, 1.807) is 11.3 Å². The molecule has 0 bridgehead atoms. The maximum absolute atomic E-state index is 4.81. The monoisotopic (exact) mass is 304 g/mol. The molecule has 0 spiro atoms. The largest absolute Gasteiger partial charge is 0.356 e. The number of aromatic nitrogens is 2. The van der Waals surface area contributed by atoms with E-state index >= 15 is 0 Å². The van der Waals surface area contributed by atoms with Crippen molar-refractivity contribution in [2.45, 2.75) is 39.5 Å². The second-order valence-electron chi connectivity index (χ2n) is 5.80. The van der Waals surface area contributed by atoms with Crippen LogP contribution >= 0.6 is 11.3 Å². The summed E-state index contributed by atoms with van der Waals surface area (Å²) >= 11 is 1.70. The summed E-state index contributed by atoms with van der Waals surface area (Å²) in [5, 5.41) is 6.66. The van der Waals surface area contributed by atoms with Crippen LogP contribution in [0.3, 0.4) is 0 Å². The summed E-state index contributed by atoms with van der Waals surface area (Å²) in [7, 11) is 0. The number of nitrogens with one attached hydrogen (secondary N) is 1. The Balaban J connectivity index is 1.93. The van der Waals surface area contributed by atoms with E-state index in [-0.39, 0.29) is 0 Å². The molecule has 3 rings (SSSR count). The number of hydrogen-bond donors (Lipinski definition) is 1. The summed E-state index contributed by atoms with van der Waals surface area (Å²) in [6, 6.07) is 2.16. The second-order valence-corrected chi connectivity index (χ2v) is 6.69. The molecule has 1 aliphatic heterocycles. The van der Waals surface area contributed by atoms with Crippen molar-refractivity contribution in [3.63, 3.8) is 0 Å². The predicted molar refractivity (Wildman–Crippen MR) is 91.4 cm³/mol. The molecule has 4 nitrogen and oxygen atoms in total. The zero-order valence-corrected chi connectivity index (χ0v) is 13.7. The number of anilines is 2. The fourth-order valence-electron chi connectivity index (χ4n) is 2.99. The molecule has 2 aromatic heterocycles. The Morgan fingerprint density at radius 3 is 3.10 bits per heavy atom. The molecule has 1 saturated heterocycles. The first-order chi connectivity index (χ1) is 10.3. The van der Waals surface area contributed by atoms with E-state index in [2.05, 4.69) is 40.5 Å². The van der Waals surface area contributed by atoms with E-state index in [0.29, 0.717) is 0 Å². The van der Waals surface area contributed by atoms with Gasteiger partial charge in [0.05, 0.1) is 5.39 Å². The summed E-state index contributed by atoms with van der Waals surface area (Å²) < 4.78 is 0. The molecule has 5 heteroatoms. The number of fused-ring (bicyclic) bond motifs is 1. The van der Waals surface area contributed by atoms with Gasteiger partial charge < -0.3 is 10.2 Å². The van der Waals surface area contributed by atoms with Crippen LogP contribution in [0.1, 0.15) is 39.5 Å². The molecule has 21 heavy (non-hydrogen) atoms. The quantitative estimate of drug-likeness (QED) is 0.901. The lowest BCUT2D eigenvalue weighted by Gasteiger charge is -2.33. The van der Waals surface area contributed by atoms with Crippen molar-refractivity contribution >= 4 is 33.3 Å². The molecule has 1 atom stereocenters. The Kier molecular flexibility index (Phi) is 4.58. The van der Waals surface area contributed by atoms with E-state index in [1.165, 1.54) is 24.6 Å². The third-order valence-electron chi connectivity index (χ3n) is 4.23. The fourth-order valence-corrected chi connectivity index (χ4v) is 3.75. The summed E-state index contributed by atoms with van der Waals surface area (Å²) in [4.78, 5) is 13.0. The first kappa shape index (κ1) is 14.6. The molecule has 0 aromatic carbocycles. The third-order valence-corrected chi connectivity index (χ3v) is 5.04. The summed E-state index contributed by atoms with van der Waals surface area (Å²) in [5.74, 6) is 2.70. The van der Waals surface area contributed by atoms with Crippen LogP contribution in [-0.4, -0.2) is 29.6 Å². The van der Waals surface area contributed by atoms with Crippen molar-refractivity contribution in [2.24, 2.45) is 5.92 Å². The average Bonchev–Trinajstić information content (AvgIpc) is 3.00. The van der Waals surface area contributed by atoms with Gasteiger partial charge in [-0.05, 0) is 36.6 Å². The van der Waals surface area contributed by atoms with E-state index in [1.807, 2.05) is 0 Å². The highest BCUT2D eigenvalue weighted by atomic mass is 32.1. The van der Waals surface area contributed by atoms with Gasteiger partial charge in [-0.25, -0.2) is 4.98 Å². The predicted octanol–water partition coefficient (Wildman–Crippen LogP) is 4.14. The summed E-state index contributed by atoms with van der Waals surface area (Å²) in [6.45, 7) is 7.63. The van der Waals surface area contributed by atoms with Crippen molar-refractivity contribution in [3.05, 3.63) is 11.4 Å². The molecule has 0 amide bonds. The van der Waals surface area contributed by atoms with Gasteiger partial charge >= 0.3 is 0 Å². The maximum Gasteiger partial charge on any atom is 0.226 e. The minimum Gasteiger partial charge on any atom is -0.356 e. The van der Waals surface area contributed by atoms with Crippen LogP contribution in [0.2, 0.25) is 0 Å². The van der Waals surface area contributed by atoms with Crippen LogP contribution in [0.5, 0.6) is 0 Å². The lowest BCUT2D eigenvalue weighted by atomic mass is 9.95. The zero-order chi connectivity index (χ0) is 14.7. The second kappa shape index (κ2) is 6.60. The van der Waals surface area contributed by atoms with Gasteiger partial charge in [-0.15, -0.1) is 11.3 Å². The molecule has 0 saturated carbocycles. The van der Waals surface area contributed by atoms with Gasteiger partial charge in [0, 0.05) is 19.6 Å². The van der Waals surface area contributed by atoms with Gasteiger partial charge in [-0.3, -0.25) is 0 Å². The number of rotatable bonds is 5. The molecule has 0 radical (unpaired) electrons. The van der Waals surface area contributed by atoms with E-state index in [0.717, 1.165) is 48.6 Å². The number of thiophene rings is 1. The first-order valence-electron chi connectivity index (χ1n) is 8.05. The van der Waals surface area contributed by atoms with Gasteiger partial charge in [0.2, 0.25) is 5.95 Å². The van der Waals surface area contributed by atoms with Crippen molar-refractivity contribution in [1.82, 2.24) is 9.97 Å². The highest BCUT2D eigenvalue weighted by Crippen LogP contribution is 2.32. The minimum atomic E-state index is 0.778. The van der Waals surface area contributed by atoms with Gasteiger partial charge in [0.25, 0.3) is 0 Å². The highest BCUT2D eigenvalue weighted by Gasteiger charge is 2.22. The molecule has 1 N–H and O–H groups in total. The lowest BCUT2D eigenvalue weighted by molar-refractivity contribution is 0.403. The van der Waals surface area contributed by atoms with Gasteiger partial charge in [-0.2, -0.15) is 4.98 Å². The molecule has 1 unspecified atom stereocenters. The Labute approximate surface area is 130 Å². The first-order valence-corrected chi connectivity index (χ1v) is 8.93. The normalized spacial score (nSPS) is 19.1. The molecule has 2 aromatic rings. The highest BCUT2D eigenvalue weighted by molar-refractivity contribution is 7.16. The van der Waals surface area contributed by atoms with Crippen LogP contribution in [0.4, 0.5) is 11.8 Å². The molecule has 114 valence electrons. The summed E-state index contributed by atoms with van der Waals surface area (Å²) in [5.41, 5.74) is 0. The van der Waals surface area contributed by atoms with Crippen LogP contribution in [-0.2, 0) is 0 Å².